The molecule has 0 radical (unpaired) electrons. The van der Waals surface area contributed by atoms with E-state index < -0.39 is 0 Å². The van der Waals surface area contributed by atoms with E-state index in [0.717, 1.165) is 11.6 Å². The topological polar surface area (TPSA) is 12.0 Å². The maximum atomic E-state index is 6.03. The van der Waals surface area contributed by atoms with Crippen molar-refractivity contribution in [1.29, 1.82) is 0 Å². The molecule has 0 saturated heterocycles. The van der Waals surface area contributed by atoms with Crippen LogP contribution < -0.4 is 5.32 Å². The van der Waals surface area contributed by atoms with Gasteiger partial charge in [-0.3, -0.25) is 0 Å². The first-order chi connectivity index (χ1) is 6.81. The van der Waals surface area contributed by atoms with Crippen molar-refractivity contribution >= 4 is 22.4 Å². The Kier molecular flexibility index (Phi) is 2.71. The average molecular weight is 206 g/mol. The number of nitrogens with one attached hydrogen (secondary N) is 1. The lowest BCUT2D eigenvalue weighted by atomic mass is 10.0. The first kappa shape index (κ1) is 9.50. The smallest absolute Gasteiger partial charge is 0.0415 e. The Morgan fingerprint density at radius 1 is 1.21 bits per heavy atom. The molecule has 0 atom stereocenters. The predicted octanol–water partition coefficient (Wildman–Crippen LogP) is 3.21. The molecule has 0 heterocycles. The number of benzene rings is 2. The minimum Gasteiger partial charge on any atom is -0.316 e. The molecule has 1 nitrogen and oxygen atoms in total. The second-order valence-electron chi connectivity index (χ2n) is 3.32. The van der Waals surface area contributed by atoms with Crippen molar-refractivity contribution in [3.8, 4) is 0 Å². The molecule has 1 N–H and O–H groups in total. The molecule has 0 spiro atoms. The Bertz CT molecular complexity index is 451. The molecular formula is C12H12ClN. The molecule has 2 aromatic carbocycles. The zero-order chi connectivity index (χ0) is 9.97. The maximum absolute atomic E-state index is 6.03. The second-order valence-corrected chi connectivity index (χ2v) is 3.75. The van der Waals surface area contributed by atoms with Gasteiger partial charge in [0, 0.05) is 11.6 Å². The van der Waals surface area contributed by atoms with E-state index in [0.29, 0.717) is 0 Å². The van der Waals surface area contributed by atoms with E-state index in [1.807, 2.05) is 25.2 Å². The van der Waals surface area contributed by atoms with E-state index in [1.54, 1.807) is 0 Å². The number of hydrogen-bond donors (Lipinski definition) is 1. The molecule has 0 aromatic heterocycles. The van der Waals surface area contributed by atoms with E-state index >= 15 is 0 Å². The van der Waals surface area contributed by atoms with Crippen LogP contribution in [0.3, 0.4) is 0 Å². The van der Waals surface area contributed by atoms with Gasteiger partial charge in [-0.2, -0.15) is 0 Å². The van der Waals surface area contributed by atoms with Crippen molar-refractivity contribution in [2.24, 2.45) is 0 Å². The van der Waals surface area contributed by atoms with E-state index in [4.69, 9.17) is 11.6 Å². The molecule has 0 amide bonds. The number of hydrogen-bond acceptors (Lipinski definition) is 1. The summed E-state index contributed by atoms with van der Waals surface area (Å²) in [6.07, 6.45) is 0. The number of halogens is 1. The second kappa shape index (κ2) is 3.99. The van der Waals surface area contributed by atoms with Crippen molar-refractivity contribution < 1.29 is 0 Å². The van der Waals surface area contributed by atoms with Gasteiger partial charge in [-0.1, -0.05) is 35.9 Å². The lowest BCUT2D eigenvalue weighted by molar-refractivity contribution is 0.824. The Morgan fingerprint density at radius 2 is 2.00 bits per heavy atom. The van der Waals surface area contributed by atoms with Crippen LogP contribution in [0.15, 0.2) is 36.4 Å². The van der Waals surface area contributed by atoms with Crippen LogP contribution in [0.25, 0.3) is 10.8 Å². The Balaban J connectivity index is 2.67. The van der Waals surface area contributed by atoms with Crippen LogP contribution in [-0.4, -0.2) is 7.05 Å². The van der Waals surface area contributed by atoms with Crippen molar-refractivity contribution in [2.45, 2.75) is 6.54 Å². The van der Waals surface area contributed by atoms with Gasteiger partial charge in [0.15, 0.2) is 0 Å². The van der Waals surface area contributed by atoms with Crippen LogP contribution in [0.1, 0.15) is 5.56 Å². The zero-order valence-corrected chi connectivity index (χ0v) is 8.81. The average Bonchev–Trinajstić information content (AvgIpc) is 2.18. The van der Waals surface area contributed by atoms with Crippen LogP contribution in [0, 0.1) is 0 Å². The molecule has 2 heteroatoms. The monoisotopic (exact) mass is 205 g/mol. The van der Waals surface area contributed by atoms with Gasteiger partial charge in [0.2, 0.25) is 0 Å². The molecule has 14 heavy (non-hydrogen) atoms. The number of rotatable bonds is 2. The molecule has 0 saturated carbocycles. The van der Waals surface area contributed by atoms with Crippen LogP contribution in [-0.2, 0) is 6.54 Å². The van der Waals surface area contributed by atoms with E-state index in [-0.39, 0.29) is 0 Å². The third-order valence-corrected chi connectivity index (χ3v) is 2.50. The highest BCUT2D eigenvalue weighted by molar-refractivity contribution is 6.31. The van der Waals surface area contributed by atoms with Gasteiger partial charge in [-0.05, 0) is 35.5 Å². The first-order valence-electron chi connectivity index (χ1n) is 4.63. The molecule has 2 aromatic rings. The summed E-state index contributed by atoms with van der Waals surface area (Å²) < 4.78 is 0. The molecule has 0 aliphatic carbocycles. The van der Waals surface area contributed by atoms with Crippen LogP contribution >= 0.6 is 11.6 Å². The summed E-state index contributed by atoms with van der Waals surface area (Å²) in [4.78, 5) is 0. The van der Waals surface area contributed by atoms with Gasteiger partial charge in [0.25, 0.3) is 0 Å². The van der Waals surface area contributed by atoms with Crippen LogP contribution in [0.2, 0.25) is 5.02 Å². The molecule has 72 valence electrons. The molecule has 0 fully saturated rings. The minimum atomic E-state index is 0.800. The van der Waals surface area contributed by atoms with Crippen molar-refractivity contribution in [1.82, 2.24) is 5.32 Å². The van der Waals surface area contributed by atoms with Crippen molar-refractivity contribution in [2.75, 3.05) is 7.05 Å². The highest BCUT2D eigenvalue weighted by Crippen LogP contribution is 2.23. The standard InChI is InChI=1S/C12H12ClN/c1-14-8-10-7-11(13)6-9-4-2-3-5-12(9)10/h2-7,14H,8H2,1H3. The van der Waals surface area contributed by atoms with Crippen LogP contribution in [0.4, 0.5) is 0 Å². The Morgan fingerprint density at radius 3 is 2.79 bits per heavy atom. The van der Waals surface area contributed by atoms with Gasteiger partial charge in [-0.25, -0.2) is 0 Å². The highest BCUT2D eigenvalue weighted by Gasteiger charge is 2.01. The summed E-state index contributed by atoms with van der Waals surface area (Å²) in [7, 11) is 1.94. The molecule has 0 aliphatic heterocycles. The lowest BCUT2D eigenvalue weighted by Crippen LogP contribution is -2.05. The largest absolute Gasteiger partial charge is 0.316 e. The molecule has 0 unspecified atom stereocenters. The normalized spacial score (nSPS) is 10.7. The Hall–Kier alpha value is -1.05. The molecule has 2 rings (SSSR count). The fraction of sp³-hybridized carbons (Fsp3) is 0.167. The minimum absolute atomic E-state index is 0.800. The van der Waals surface area contributed by atoms with Crippen molar-refractivity contribution in [3.05, 3.63) is 47.0 Å². The fourth-order valence-corrected chi connectivity index (χ4v) is 1.94. The van der Waals surface area contributed by atoms with E-state index in [1.165, 1.54) is 16.3 Å². The first-order valence-corrected chi connectivity index (χ1v) is 5.01. The summed E-state index contributed by atoms with van der Waals surface area (Å²) in [5.74, 6) is 0. The summed E-state index contributed by atoms with van der Waals surface area (Å²) in [5, 5.41) is 6.41. The van der Waals surface area contributed by atoms with E-state index in [9.17, 15) is 0 Å². The van der Waals surface area contributed by atoms with Crippen LogP contribution in [0.5, 0.6) is 0 Å². The summed E-state index contributed by atoms with van der Waals surface area (Å²) in [6.45, 7) is 0.848. The van der Waals surface area contributed by atoms with Gasteiger partial charge in [-0.15, -0.1) is 0 Å². The van der Waals surface area contributed by atoms with Gasteiger partial charge in [0.1, 0.15) is 0 Å². The molecular weight excluding hydrogens is 194 g/mol. The quantitative estimate of drug-likeness (QED) is 0.794. The van der Waals surface area contributed by atoms with Gasteiger partial charge >= 0.3 is 0 Å². The van der Waals surface area contributed by atoms with Gasteiger partial charge in [0.05, 0.1) is 0 Å². The fourth-order valence-electron chi connectivity index (χ4n) is 1.69. The third-order valence-electron chi connectivity index (χ3n) is 2.28. The van der Waals surface area contributed by atoms with Gasteiger partial charge < -0.3 is 5.32 Å². The highest BCUT2D eigenvalue weighted by atomic mass is 35.5. The summed E-state index contributed by atoms with van der Waals surface area (Å²) >= 11 is 6.03. The zero-order valence-electron chi connectivity index (χ0n) is 8.05. The van der Waals surface area contributed by atoms with Crippen molar-refractivity contribution in [3.63, 3.8) is 0 Å². The third kappa shape index (κ3) is 1.74. The number of fused-ring (bicyclic) bond motifs is 1. The molecule has 0 aliphatic rings. The predicted molar refractivity (Wildman–Crippen MR) is 61.7 cm³/mol. The SMILES string of the molecule is CNCc1cc(Cl)cc2ccccc12. The summed E-state index contributed by atoms with van der Waals surface area (Å²) in [6, 6.07) is 12.3. The lowest BCUT2D eigenvalue weighted by Gasteiger charge is -2.06. The van der Waals surface area contributed by atoms with E-state index in [2.05, 4.69) is 23.5 Å². The Labute approximate surface area is 88.7 Å². The molecule has 0 bridgehead atoms. The summed E-state index contributed by atoms with van der Waals surface area (Å²) in [5.41, 5.74) is 1.25. The maximum Gasteiger partial charge on any atom is 0.0415 e.